The fourth-order valence-electron chi connectivity index (χ4n) is 1.61. The average molecular weight is 200 g/mol. The van der Waals surface area contributed by atoms with Crippen LogP contribution >= 0.6 is 0 Å². The van der Waals surface area contributed by atoms with E-state index in [1.807, 2.05) is 32.9 Å². The van der Waals surface area contributed by atoms with Crippen molar-refractivity contribution in [1.29, 1.82) is 5.26 Å². The summed E-state index contributed by atoms with van der Waals surface area (Å²) in [4.78, 5) is 0. The number of nitrogens with zero attached hydrogens (tertiary/aromatic N) is 1. The molecule has 2 N–H and O–H groups in total. The van der Waals surface area contributed by atoms with E-state index in [9.17, 15) is 0 Å². The molecule has 0 amide bonds. The van der Waals surface area contributed by atoms with Gasteiger partial charge in [-0.25, -0.2) is 0 Å². The minimum atomic E-state index is 0.609. The van der Waals surface area contributed by atoms with Gasteiger partial charge in [0.05, 0.1) is 17.3 Å². The van der Waals surface area contributed by atoms with E-state index in [0.29, 0.717) is 17.7 Å². The Balaban J connectivity index is 3.29. The minimum absolute atomic E-state index is 0.609. The van der Waals surface area contributed by atoms with Crippen LogP contribution in [0.4, 0.5) is 0 Å². The highest BCUT2D eigenvalue weighted by atomic mass is 14.6. The van der Waals surface area contributed by atoms with Crippen molar-refractivity contribution in [3.63, 3.8) is 0 Å². The summed E-state index contributed by atoms with van der Waals surface area (Å²) in [5.41, 5.74) is 10.5. The van der Waals surface area contributed by atoms with E-state index in [4.69, 9.17) is 11.0 Å². The summed E-state index contributed by atoms with van der Waals surface area (Å²) < 4.78 is 0. The van der Waals surface area contributed by atoms with E-state index in [2.05, 4.69) is 12.1 Å². The van der Waals surface area contributed by atoms with Crippen molar-refractivity contribution in [2.24, 2.45) is 5.73 Å². The maximum Gasteiger partial charge on any atom is 0.0968 e. The molecule has 0 fully saturated rings. The third-order valence-electron chi connectivity index (χ3n) is 2.49. The van der Waals surface area contributed by atoms with Crippen LogP contribution in [-0.4, -0.2) is 0 Å². The van der Waals surface area contributed by atoms with Gasteiger partial charge in [-0.05, 0) is 25.8 Å². The summed E-state index contributed by atoms with van der Waals surface area (Å²) >= 11 is 0. The number of rotatable bonds is 2. The third-order valence-corrected chi connectivity index (χ3v) is 2.49. The van der Waals surface area contributed by atoms with Crippen LogP contribution in [0.15, 0.2) is 23.8 Å². The van der Waals surface area contributed by atoms with Crippen LogP contribution in [0.1, 0.15) is 30.0 Å². The largest absolute Gasteiger partial charge is 0.397 e. The lowest BCUT2D eigenvalue weighted by Crippen LogP contribution is -2.02. The molecule has 0 aliphatic carbocycles. The predicted molar refractivity (Wildman–Crippen MR) is 62.9 cm³/mol. The van der Waals surface area contributed by atoms with Crippen molar-refractivity contribution in [3.05, 3.63) is 40.5 Å². The van der Waals surface area contributed by atoms with E-state index >= 15 is 0 Å². The van der Waals surface area contributed by atoms with Gasteiger partial charge in [0.1, 0.15) is 0 Å². The molecular formula is C13H16N2. The monoisotopic (exact) mass is 200 g/mol. The van der Waals surface area contributed by atoms with Gasteiger partial charge < -0.3 is 5.73 Å². The Morgan fingerprint density at radius 1 is 1.40 bits per heavy atom. The number of benzene rings is 1. The Labute approximate surface area is 91.0 Å². The van der Waals surface area contributed by atoms with Gasteiger partial charge in [0.2, 0.25) is 0 Å². The van der Waals surface area contributed by atoms with Crippen LogP contribution in [0.3, 0.4) is 0 Å². The van der Waals surface area contributed by atoms with E-state index in [0.717, 1.165) is 11.1 Å². The topological polar surface area (TPSA) is 49.8 Å². The summed E-state index contributed by atoms with van der Waals surface area (Å²) in [6.07, 6.45) is 0.676. The van der Waals surface area contributed by atoms with Gasteiger partial charge in [0, 0.05) is 5.56 Å². The highest BCUT2D eigenvalue weighted by Crippen LogP contribution is 2.20. The molecule has 1 rings (SSSR count). The molecule has 0 unspecified atom stereocenters. The number of hydrogen-bond donors (Lipinski definition) is 1. The molecule has 15 heavy (non-hydrogen) atoms. The molecule has 0 heterocycles. The Hall–Kier alpha value is -1.75. The zero-order chi connectivity index (χ0) is 11.4. The van der Waals surface area contributed by atoms with Crippen LogP contribution in [0.2, 0.25) is 0 Å². The molecule has 0 bridgehead atoms. The molecule has 1 aromatic rings. The summed E-state index contributed by atoms with van der Waals surface area (Å²) in [6.45, 7) is 6.00. The Morgan fingerprint density at radius 3 is 2.53 bits per heavy atom. The lowest BCUT2D eigenvalue weighted by Gasteiger charge is -2.08. The van der Waals surface area contributed by atoms with Crippen molar-refractivity contribution in [2.75, 3.05) is 0 Å². The standard InChI is InChI=1S/C13H16N2/c1-4-11(8-14)13(15)12-6-5-9(2)7-10(12)3/h5-7H,4,15H2,1-3H3/b13-11-. The molecule has 0 atom stereocenters. The number of nitrogens with two attached hydrogens (primary N) is 1. The summed E-state index contributed by atoms with van der Waals surface area (Å²) in [5.74, 6) is 0. The Kier molecular flexibility index (Phi) is 3.51. The normalized spacial score (nSPS) is 11.9. The maximum atomic E-state index is 8.92. The predicted octanol–water partition coefficient (Wildman–Crippen LogP) is 2.91. The first-order chi connectivity index (χ1) is 7.10. The molecule has 0 radical (unpaired) electrons. The fourth-order valence-corrected chi connectivity index (χ4v) is 1.61. The van der Waals surface area contributed by atoms with Crippen molar-refractivity contribution >= 4 is 5.70 Å². The van der Waals surface area contributed by atoms with Gasteiger partial charge >= 0.3 is 0 Å². The molecule has 0 aliphatic rings. The highest BCUT2D eigenvalue weighted by Gasteiger charge is 2.06. The maximum absolute atomic E-state index is 8.92. The van der Waals surface area contributed by atoms with Crippen molar-refractivity contribution in [3.8, 4) is 6.07 Å². The van der Waals surface area contributed by atoms with Crippen molar-refractivity contribution in [1.82, 2.24) is 0 Å². The van der Waals surface area contributed by atoms with Crippen molar-refractivity contribution < 1.29 is 0 Å². The van der Waals surface area contributed by atoms with Gasteiger partial charge in [-0.2, -0.15) is 5.26 Å². The molecule has 0 saturated heterocycles. The molecule has 0 aliphatic heterocycles. The first kappa shape index (κ1) is 11.3. The lowest BCUT2D eigenvalue weighted by molar-refractivity contribution is 1.14. The number of allylic oxidation sites excluding steroid dienone is 1. The van der Waals surface area contributed by atoms with Gasteiger partial charge in [0.25, 0.3) is 0 Å². The second-order valence-corrected chi connectivity index (χ2v) is 3.68. The van der Waals surface area contributed by atoms with Crippen LogP contribution in [0.25, 0.3) is 5.70 Å². The fraction of sp³-hybridized carbons (Fsp3) is 0.308. The second kappa shape index (κ2) is 4.65. The second-order valence-electron chi connectivity index (χ2n) is 3.68. The van der Waals surface area contributed by atoms with E-state index in [1.54, 1.807) is 0 Å². The van der Waals surface area contributed by atoms with Crippen molar-refractivity contribution in [2.45, 2.75) is 27.2 Å². The minimum Gasteiger partial charge on any atom is -0.397 e. The Bertz CT molecular complexity index is 436. The van der Waals surface area contributed by atoms with Crippen LogP contribution in [0.5, 0.6) is 0 Å². The third kappa shape index (κ3) is 2.38. The van der Waals surface area contributed by atoms with E-state index in [-0.39, 0.29) is 0 Å². The summed E-state index contributed by atoms with van der Waals surface area (Å²) in [6, 6.07) is 8.22. The van der Waals surface area contributed by atoms with Crippen LogP contribution in [-0.2, 0) is 0 Å². The smallest absolute Gasteiger partial charge is 0.0968 e. The molecule has 2 heteroatoms. The molecule has 0 aromatic heterocycles. The zero-order valence-corrected chi connectivity index (χ0v) is 9.46. The van der Waals surface area contributed by atoms with Gasteiger partial charge in [-0.15, -0.1) is 0 Å². The summed E-state index contributed by atoms with van der Waals surface area (Å²) in [5, 5.41) is 8.92. The molecule has 0 saturated carbocycles. The molecule has 78 valence electrons. The van der Waals surface area contributed by atoms with E-state index < -0.39 is 0 Å². The highest BCUT2D eigenvalue weighted by molar-refractivity contribution is 5.71. The molecular weight excluding hydrogens is 184 g/mol. The van der Waals surface area contributed by atoms with Crippen LogP contribution in [0, 0.1) is 25.2 Å². The average Bonchev–Trinajstić information content (AvgIpc) is 2.19. The van der Waals surface area contributed by atoms with Gasteiger partial charge in [-0.3, -0.25) is 0 Å². The quantitative estimate of drug-likeness (QED) is 0.746. The lowest BCUT2D eigenvalue weighted by atomic mass is 9.99. The number of nitriles is 1. The summed E-state index contributed by atoms with van der Waals surface area (Å²) in [7, 11) is 0. The first-order valence-corrected chi connectivity index (χ1v) is 5.06. The van der Waals surface area contributed by atoms with Gasteiger partial charge in [0.15, 0.2) is 0 Å². The molecule has 1 aromatic carbocycles. The number of aryl methyl sites for hydroxylation is 2. The zero-order valence-electron chi connectivity index (χ0n) is 9.46. The SMILES string of the molecule is CC/C(C#N)=C(/N)c1ccc(C)cc1C. The van der Waals surface area contributed by atoms with Crippen LogP contribution < -0.4 is 5.73 Å². The first-order valence-electron chi connectivity index (χ1n) is 5.06. The molecule has 0 spiro atoms. The Morgan fingerprint density at radius 2 is 2.07 bits per heavy atom. The molecule has 2 nitrogen and oxygen atoms in total. The van der Waals surface area contributed by atoms with E-state index in [1.165, 1.54) is 5.56 Å². The van der Waals surface area contributed by atoms with Gasteiger partial charge in [-0.1, -0.05) is 30.7 Å². The number of hydrogen-bond acceptors (Lipinski definition) is 2.